The molecule has 1 heterocycles. The summed E-state index contributed by atoms with van der Waals surface area (Å²) in [5, 5.41) is 0. The summed E-state index contributed by atoms with van der Waals surface area (Å²) in [7, 11) is 4.16. The van der Waals surface area contributed by atoms with E-state index in [4.69, 9.17) is 0 Å². The normalized spacial score (nSPS) is 10.9. The summed E-state index contributed by atoms with van der Waals surface area (Å²) in [5.74, 6) is 1.74. The van der Waals surface area contributed by atoms with Gasteiger partial charge in [0.25, 0.3) is 0 Å². The fourth-order valence-electron chi connectivity index (χ4n) is 2.10. The molecule has 0 unspecified atom stereocenters. The number of hydrogen-bond donors (Lipinski definition) is 0. The number of anilines is 1. The second-order valence-corrected chi connectivity index (χ2v) is 4.84. The summed E-state index contributed by atoms with van der Waals surface area (Å²) in [5.41, 5.74) is 2.57. The van der Waals surface area contributed by atoms with Crippen molar-refractivity contribution in [3.63, 3.8) is 0 Å². The van der Waals surface area contributed by atoms with Gasteiger partial charge in [0.2, 0.25) is 0 Å². The number of hydrogen-bond acceptors (Lipinski definition) is 1. The average Bonchev–Trinajstić information content (AvgIpc) is 2.74. The second kappa shape index (κ2) is 4.66. The van der Waals surface area contributed by atoms with E-state index in [0.717, 1.165) is 0 Å². The average molecular weight is 228 g/mol. The topological polar surface area (TPSA) is 8.17 Å². The molecular formula is C15H20N2. The van der Waals surface area contributed by atoms with Crippen molar-refractivity contribution in [3.8, 4) is 5.69 Å². The van der Waals surface area contributed by atoms with Gasteiger partial charge in [0.1, 0.15) is 5.82 Å². The van der Waals surface area contributed by atoms with E-state index in [1.807, 2.05) is 0 Å². The van der Waals surface area contributed by atoms with Crippen LogP contribution in [0.15, 0.2) is 42.5 Å². The molecule has 1 aromatic heterocycles. The maximum atomic E-state index is 2.32. The number of nitrogens with zero attached hydrogens (tertiary/aromatic N) is 2. The van der Waals surface area contributed by atoms with Crippen molar-refractivity contribution in [2.75, 3.05) is 19.0 Å². The molecule has 0 bridgehead atoms. The van der Waals surface area contributed by atoms with Crippen LogP contribution in [0, 0.1) is 0 Å². The zero-order chi connectivity index (χ0) is 12.4. The monoisotopic (exact) mass is 228 g/mol. The molecule has 0 saturated heterocycles. The Bertz CT molecular complexity index is 455. The molecule has 90 valence electrons. The van der Waals surface area contributed by atoms with E-state index in [9.17, 15) is 0 Å². The van der Waals surface area contributed by atoms with Gasteiger partial charge < -0.3 is 9.47 Å². The molecule has 0 amide bonds. The molecule has 0 atom stereocenters. The van der Waals surface area contributed by atoms with Crippen LogP contribution >= 0.6 is 0 Å². The Labute approximate surface area is 103 Å². The first-order valence-electron chi connectivity index (χ1n) is 6.05. The van der Waals surface area contributed by atoms with Gasteiger partial charge in [-0.2, -0.15) is 0 Å². The van der Waals surface area contributed by atoms with Gasteiger partial charge in [-0.25, -0.2) is 0 Å². The van der Waals surface area contributed by atoms with Gasteiger partial charge >= 0.3 is 0 Å². The Hall–Kier alpha value is -1.70. The van der Waals surface area contributed by atoms with Crippen molar-refractivity contribution < 1.29 is 0 Å². The van der Waals surface area contributed by atoms with Crippen LogP contribution in [0.4, 0.5) is 5.82 Å². The van der Waals surface area contributed by atoms with Crippen molar-refractivity contribution >= 4 is 5.82 Å². The summed E-state index contributed by atoms with van der Waals surface area (Å²) in [6.07, 6.45) is 0. The van der Waals surface area contributed by atoms with Gasteiger partial charge in [-0.05, 0) is 30.2 Å². The predicted molar refractivity (Wildman–Crippen MR) is 74.2 cm³/mol. The van der Waals surface area contributed by atoms with E-state index in [2.05, 4.69) is 79.9 Å². The van der Waals surface area contributed by atoms with Gasteiger partial charge in [-0.3, -0.25) is 0 Å². The van der Waals surface area contributed by atoms with Crippen molar-refractivity contribution in [2.24, 2.45) is 0 Å². The quantitative estimate of drug-likeness (QED) is 0.778. The lowest BCUT2D eigenvalue weighted by molar-refractivity contribution is 0.782. The molecule has 2 rings (SSSR count). The molecule has 0 spiro atoms. The first-order chi connectivity index (χ1) is 8.11. The second-order valence-electron chi connectivity index (χ2n) is 4.84. The summed E-state index contributed by atoms with van der Waals surface area (Å²) in [6, 6.07) is 14.9. The Balaban J connectivity index is 2.60. The van der Waals surface area contributed by atoms with Crippen LogP contribution in [0.5, 0.6) is 0 Å². The van der Waals surface area contributed by atoms with E-state index >= 15 is 0 Å². The number of para-hydroxylation sites is 1. The van der Waals surface area contributed by atoms with E-state index < -0.39 is 0 Å². The molecule has 0 fully saturated rings. The summed E-state index contributed by atoms with van der Waals surface area (Å²) in [4.78, 5) is 2.15. The fraction of sp³-hybridized carbons (Fsp3) is 0.333. The Morgan fingerprint density at radius 1 is 0.941 bits per heavy atom. The smallest absolute Gasteiger partial charge is 0.112 e. The van der Waals surface area contributed by atoms with E-state index in [0.29, 0.717) is 5.92 Å². The van der Waals surface area contributed by atoms with E-state index in [1.165, 1.54) is 17.2 Å². The predicted octanol–water partition coefficient (Wildman–Crippen LogP) is 3.67. The minimum absolute atomic E-state index is 0.518. The Morgan fingerprint density at radius 2 is 1.59 bits per heavy atom. The van der Waals surface area contributed by atoms with Gasteiger partial charge in [-0.1, -0.05) is 32.0 Å². The molecule has 0 aliphatic rings. The van der Waals surface area contributed by atoms with Crippen LogP contribution < -0.4 is 4.90 Å². The molecule has 0 aliphatic carbocycles. The van der Waals surface area contributed by atoms with Crippen molar-refractivity contribution in [1.82, 2.24) is 4.57 Å². The summed E-state index contributed by atoms with van der Waals surface area (Å²) in [6.45, 7) is 4.46. The van der Waals surface area contributed by atoms with Crippen LogP contribution in [0.1, 0.15) is 25.5 Å². The molecule has 2 heteroatoms. The summed E-state index contributed by atoms with van der Waals surface area (Å²) < 4.78 is 2.32. The molecule has 2 aromatic rings. The molecule has 0 N–H and O–H groups in total. The molecule has 2 nitrogen and oxygen atoms in total. The molecule has 0 aliphatic heterocycles. The minimum atomic E-state index is 0.518. The lowest BCUT2D eigenvalue weighted by atomic mass is 10.1. The highest BCUT2D eigenvalue weighted by atomic mass is 15.2. The zero-order valence-electron chi connectivity index (χ0n) is 11.0. The third-order valence-electron chi connectivity index (χ3n) is 2.95. The minimum Gasteiger partial charge on any atom is -0.364 e. The van der Waals surface area contributed by atoms with Gasteiger partial charge in [-0.15, -0.1) is 0 Å². The summed E-state index contributed by atoms with van der Waals surface area (Å²) >= 11 is 0. The van der Waals surface area contributed by atoms with Crippen LogP contribution in [0.2, 0.25) is 0 Å². The van der Waals surface area contributed by atoms with Crippen molar-refractivity contribution in [2.45, 2.75) is 19.8 Å². The highest BCUT2D eigenvalue weighted by molar-refractivity contribution is 5.51. The standard InChI is InChI=1S/C15H20N2/c1-12(2)14-10-11-15(16(3)4)17(14)13-8-6-5-7-9-13/h5-12H,1-4H3. The fourth-order valence-corrected chi connectivity index (χ4v) is 2.10. The Kier molecular flexibility index (Phi) is 3.23. The van der Waals surface area contributed by atoms with Gasteiger partial charge in [0.15, 0.2) is 0 Å². The van der Waals surface area contributed by atoms with Gasteiger partial charge in [0, 0.05) is 25.5 Å². The molecule has 1 aromatic carbocycles. The number of rotatable bonds is 3. The van der Waals surface area contributed by atoms with E-state index in [1.54, 1.807) is 0 Å². The van der Waals surface area contributed by atoms with Crippen molar-refractivity contribution in [1.29, 1.82) is 0 Å². The highest BCUT2D eigenvalue weighted by Gasteiger charge is 2.13. The molecule has 0 saturated carbocycles. The van der Waals surface area contributed by atoms with Crippen LogP contribution in [-0.2, 0) is 0 Å². The lowest BCUT2D eigenvalue weighted by Crippen LogP contribution is -2.15. The Morgan fingerprint density at radius 3 is 2.12 bits per heavy atom. The number of benzene rings is 1. The van der Waals surface area contributed by atoms with Gasteiger partial charge in [0.05, 0.1) is 0 Å². The van der Waals surface area contributed by atoms with E-state index in [-0.39, 0.29) is 0 Å². The van der Waals surface area contributed by atoms with Crippen LogP contribution in [0.25, 0.3) is 5.69 Å². The van der Waals surface area contributed by atoms with Crippen LogP contribution in [-0.4, -0.2) is 18.7 Å². The third-order valence-corrected chi connectivity index (χ3v) is 2.95. The third kappa shape index (κ3) is 2.21. The van der Waals surface area contributed by atoms with Crippen LogP contribution in [0.3, 0.4) is 0 Å². The lowest BCUT2D eigenvalue weighted by Gasteiger charge is -2.20. The maximum absolute atomic E-state index is 2.32. The zero-order valence-corrected chi connectivity index (χ0v) is 11.0. The molecule has 17 heavy (non-hydrogen) atoms. The van der Waals surface area contributed by atoms with Crippen molar-refractivity contribution in [3.05, 3.63) is 48.2 Å². The molecule has 0 radical (unpaired) electrons. The first kappa shape index (κ1) is 11.8. The highest BCUT2D eigenvalue weighted by Crippen LogP contribution is 2.27. The number of aromatic nitrogens is 1. The first-order valence-corrected chi connectivity index (χ1v) is 6.05. The SMILES string of the molecule is CC(C)c1ccc(N(C)C)n1-c1ccccc1. The largest absolute Gasteiger partial charge is 0.364 e. The maximum Gasteiger partial charge on any atom is 0.112 e. The molecular weight excluding hydrogens is 208 g/mol.